The number of aromatic nitrogens is 1. The summed E-state index contributed by atoms with van der Waals surface area (Å²) in [5.41, 5.74) is 1.86. The maximum atomic E-state index is 13.1. The van der Waals surface area contributed by atoms with Crippen LogP contribution < -0.4 is 15.0 Å². The summed E-state index contributed by atoms with van der Waals surface area (Å²) in [4.78, 5) is 42.2. The molecule has 2 fully saturated rings. The quantitative estimate of drug-likeness (QED) is 0.463. The average Bonchev–Trinajstić information content (AvgIpc) is 3.42. The monoisotopic (exact) mass is 509 g/mol. The lowest BCUT2D eigenvalue weighted by Crippen LogP contribution is -2.49. The summed E-state index contributed by atoms with van der Waals surface area (Å²) in [5, 5.41) is 0. The number of nitrogens with zero attached hydrogens (tertiary/aromatic N) is 3. The minimum atomic E-state index is -0.186. The highest BCUT2D eigenvalue weighted by atomic mass is 32.2. The molecule has 180 valence electrons. The van der Waals surface area contributed by atoms with Crippen molar-refractivity contribution >= 4 is 46.2 Å². The van der Waals surface area contributed by atoms with Gasteiger partial charge in [0.05, 0.1) is 4.91 Å². The highest BCUT2D eigenvalue weighted by Crippen LogP contribution is 2.37. The summed E-state index contributed by atoms with van der Waals surface area (Å²) in [6.45, 7) is 2.33. The summed E-state index contributed by atoms with van der Waals surface area (Å²) in [5.74, 6) is 1.60. The van der Waals surface area contributed by atoms with Crippen LogP contribution >= 0.6 is 24.0 Å². The molecule has 0 N–H and O–H groups in total. The van der Waals surface area contributed by atoms with Gasteiger partial charge in [0.1, 0.15) is 4.32 Å². The van der Waals surface area contributed by atoms with Crippen molar-refractivity contribution in [3.63, 3.8) is 0 Å². The van der Waals surface area contributed by atoms with Gasteiger partial charge in [-0.3, -0.25) is 19.3 Å². The van der Waals surface area contributed by atoms with Crippen molar-refractivity contribution in [2.75, 3.05) is 26.4 Å². The number of thiocarbonyl (C=S) groups is 1. The topological polar surface area (TPSA) is 81.1 Å². The van der Waals surface area contributed by atoms with E-state index in [2.05, 4.69) is 0 Å². The van der Waals surface area contributed by atoms with Gasteiger partial charge in [0.25, 0.3) is 11.5 Å². The normalized spacial score (nSPS) is 23.7. The van der Waals surface area contributed by atoms with E-state index in [9.17, 15) is 14.4 Å². The van der Waals surface area contributed by atoms with Gasteiger partial charge in [-0.15, -0.1) is 0 Å². The van der Waals surface area contributed by atoms with Crippen LogP contribution in [-0.2, 0) is 16.1 Å². The van der Waals surface area contributed by atoms with Crippen molar-refractivity contribution in [3.05, 3.63) is 62.9 Å². The number of fused-ring (bicyclic) bond motifs is 5. The van der Waals surface area contributed by atoms with E-state index in [1.165, 1.54) is 16.7 Å². The number of thioether (sulfide) groups is 1. The van der Waals surface area contributed by atoms with Crippen LogP contribution in [0, 0.1) is 5.92 Å². The highest BCUT2D eigenvalue weighted by Gasteiger charge is 2.37. The van der Waals surface area contributed by atoms with Crippen molar-refractivity contribution in [2.45, 2.75) is 25.3 Å². The number of pyridine rings is 1. The zero-order valence-electron chi connectivity index (χ0n) is 18.8. The van der Waals surface area contributed by atoms with E-state index in [4.69, 9.17) is 21.7 Å². The summed E-state index contributed by atoms with van der Waals surface area (Å²) in [7, 11) is 0. The molecule has 2 atom stereocenters. The van der Waals surface area contributed by atoms with Crippen LogP contribution in [-0.4, -0.2) is 56.9 Å². The second kappa shape index (κ2) is 8.83. The van der Waals surface area contributed by atoms with Crippen molar-refractivity contribution in [1.29, 1.82) is 0 Å². The van der Waals surface area contributed by atoms with Crippen molar-refractivity contribution in [1.82, 2.24) is 14.4 Å². The summed E-state index contributed by atoms with van der Waals surface area (Å²) < 4.78 is 13.1. The van der Waals surface area contributed by atoms with Crippen LogP contribution in [0.25, 0.3) is 6.08 Å². The predicted molar refractivity (Wildman–Crippen MR) is 135 cm³/mol. The van der Waals surface area contributed by atoms with Crippen molar-refractivity contribution in [3.8, 4) is 11.5 Å². The number of hydrogen-bond acceptors (Lipinski definition) is 7. The Morgan fingerprint density at radius 2 is 1.97 bits per heavy atom. The fourth-order valence-electron chi connectivity index (χ4n) is 5.31. The molecule has 4 aliphatic rings. The first-order valence-electron chi connectivity index (χ1n) is 11.6. The third kappa shape index (κ3) is 4.14. The number of likely N-dealkylation sites (tertiary alicyclic amines) is 1. The van der Waals surface area contributed by atoms with Crippen molar-refractivity contribution < 1.29 is 19.1 Å². The molecule has 6 rings (SSSR count). The molecule has 0 saturated carbocycles. The summed E-state index contributed by atoms with van der Waals surface area (Å²) in [6.07, 6.45) is 2.99. The number of ether oxygens (including phenoxy) is 2. The number of rotatable bonds is 4. The molecule has 0 spiro atoms. The molecule has 4 aliphatic heterocycles. The molecule has 35 heavy (non-hydrogen) atoms. The number of piperidine rings is 1. The molecule has 2 bridgehead atoms. The van der Waals surface area contributed by atoms with Gasteiger partial charge in [0.2, 0.25) is 12.7 Å². The van der Waals surface area contributed by atoms with Gasteiger partial charge < -0.3 is 18.9 Å². The molecular formula is C25H23N3O5S2. The standard InChI is InChI=1S/C25H23N3O5S2/c29-22(26-11-16-8-17(13-26)18-2-1-3-23(30)28(18)12-16)6-7-27-24(31)21(35-25(27)34)10-15-4-5-19-20(9-15)33-14-32-19/h1-5,9-10,16-17H,6-8,11-14H2/b21-10+/t16-,17-/m1/s1. The lowest BCUT2D eigenvalue weighted by Gasteiger charge is -2.42. The minimum absolute atomic E-state index is 0.0141. The zero-order valence-corrected chi connectivity index (χ0v) is 20.5. The Morgan fingerprint density at radius 1 is 1.11 bits per heavy atom. The van der Waals surface area contributed by atoms with Crippen LogP contribution in [0.1, 0.15) is 30.0 Å². The van der Waals surface area contributed by atoms with Gasteiger partial charge in [-0.2, -0.15) is 0 Å². The van der Waals surface area contributed by atoms with E-state index in [0.717, 1.165) is 17.7 Å². The Morgan fingerprint density at radius 3 is 2.86 bits per heavy atom. The number of benzene rings is 1. The fourth-order valence-corrected chi connectivity index (χ4v) is 6.62. The SMILES string of the molecule is O=C(CCN1C(=O)/C(=C\c2ccc3c(c2)OCO3)SC1=S)N1C[C@H]2C[C@H](C1)c1cccc(=O)n1C2. The first kappa shape index (κ1) is 22.4. The molecule has 0 aliphatic carbocycles. The molecule has 8 nitrogen and oxygen atoms in total. The Labute approximate surface area is 211 Å². The van der Waals surface area contributed by atoms with E-state index < -0.39 is 0 Å². The first-order chi connectivity index (χ1) is 17.0. The highest BCUT2D eigenvalue weighted by molar-refractivity contribution is 8.26. The Hall–Kier alpha value is -3.11. The van der Waals surface area contributed by atoms with Crippen molar-refractivity contribution in [2.24, 2.45) is 5.92 Å². The maximum Gasteiger partial charge on any atom is 0.266 e. The van der Waals surface area contributed by atoms with E-state index in [1.807, 2.05) is 33.7 Å². The molecule has 10 heteroatoms. The van der Waals surface area contributed by atoms with E-state index in [-0.39, 0.29) is 49.0 Å². The smallest absolute Gasteiger partial charge is 0.266 e. The van der Waals surface area contributed by atoms with Crippen LogP contribution in [0.3, 0.4) is 0 Å². The lowest BCUT2D eigenvalue weighted by molar-refractivity contribution is -0.134. The largest absolute Gasteiger partial charge is 0.454 e. The van der Waals surface area contributed by atoms with Gasteiger partial charge in [-0.1, -0.05) is 36.1 Å². The molecule has 2 saturated heterocycles. The number of amides is 2. The second-order valence-corrected chi connectivity index (χ2v) is 10.9. The van der Waals surface area contributed by atoms with Gasteiger partial charge in [0, 0.05) is 50.3 Å². The summed E-state index contributed by atoms with van der Waals surface area (Å²) in [6, 6.07) is 10.9. The zero-order chi connectivity index (χ0) is 24.1. The van der Waals surface area contributed by atoms with Gasteiger partial charge >= 0.3 is 0 Å². The minimum Gasteiger partial charge on any atom is -0.454 e. The van der Waals surface area contributed by atoms with E-state index >= 15 is 0 Å². The van der Waals surface area contributed by atoms with Crippen LogP contribution in [0.15, 0.2) is 46.1 Å². The third-order valence-corrected chi connectivity index (χ3v) is 8.33. The number of hydrogen-bond donors (Lipinski definition) is 0. The molecule has 0 unspecified atom stereocenters. The van der Waals surface area contributed by atoms with Gasteiger partial charge in [-0.25, -0.2) is 0 Å². The molecule has 0 radical (unpaired) electrons. The summed E-state index contributed by atoms with van der Waals surface area (Å²) >= 11 is 6.69. The Balaban J connectivity index is 1.10. The molecular weight excluding hydrogens is 486 g/mol. The van der Waals surface area contributed by atoms with Gasteiger partial charge in [0.15, 0.2) is 11.5 Å². The number of carbonyl (C=O) groups is 2. The third-order valence-electron chi connectivity index (χ3n) is 6.95. The van der Waals surface area contributed by atoms with Crippen LogP contribution in [0.5, 0.6) is 11.5 Å². The molecule has 2 amide bonds. The maximum absolute atomic E-state index is 13.1. The Kier molecular flexibility index (Phi) is 5.64. The average molecular weight is 510 g/mol. The van der Waals surface area contributed by atoms with Crippen LogP contribution in [0.2, 0.25) is 0 Å². The van der Waals surface area contributed by atoms with E-state index in [0.29, 0.717) is 40.4 Å². The predicted octanol–water partition coefficient (Wildman–Crippen LogP) is 2.81. The number of carbonyl (C=O) groups excluding carboxylic acids is 2. The van der Waals surface area contributed by atoms with E-state index in [1.54, 1.807) is 18.2 Å². The van der Waals surface area contributed by atoms with Crippen LogP contribution in [0.4, 0.5) is 0 Å². The lowest BCUT2D eigenvalue weighted by atomic mass is 9.83. The van der Waals surface area contributed by atoms with Gasteiger partial charge in [-0.05, 0) is 42.2 Å². The molecule has 1 aromatic heterocycles. The molecule has 1 aromatic carbocycles. The second-order valence-electron chi connectivity index (χ2n) is 9.19. The fraction of sp³-hybridized carbons (Fsp3) is 0.360. The molecule has 2 aromatic rings. The Bertz CT molecular complexity index is 1340. The first-order valence-corrected chi connectivity index (χ1v) is 12.8. The molecule has 5 heterocycles.